The van der Waals surface area contributed by atoms with Crippen molar-refractivity contribution in [2.24, 2.45) is 0 Å². The minimum atomic E-state index is -0.381. The topological polar surface area (TPSA) is 55.4 Å². The Morgan fingerprint density at radius 2 is 2.24 bits per heavy atom. The highest BCUT2D eigenvalue weighted by atomic mass is 127. The smallest absolute Gasteiger partial charge is 0.320 e. The van der Waals surface area contributed by atoms with Crippen LogP contribution in [0.2, 0.25) is 0 Å². The number of hydrogen-bond acceptors (Lipinski definition) is 3. The molecule has 17 heavy (non-hydrogen) atoms. The van der Waals surface area contributed by atoms with Crippen molar-refractivity contribution in [2.45, 2.75) is 3.92 Å². The fraction of sp³-hybridized carbons (Fsp3) is 0.273. The van der Waals surface area contributed by atoms with E-state index in [0.717, 1.165) is 4.47 Å². The predicted octanol–water partition coefficient (Wildman–Crippen LogP) is 2.16. The summed E-state index contributed by atoms with van der Waals surface area (Å²) >= 11 is 5.22. The summed E-state index contributed by atoms with van der Waals surface area (Å²) < 4.78 is 5.02. The zero-order valence-electron chi connectivity index (χ0n) is 9.07. The standard InChI is InChI=1S/C11H11BrINO3/c1-17-11(16)9(13)6-14-10(15)7-3-2-4-8(12)5-7/h2-5,9H,6H2,1H3,(H,14,15). The quantitative estimate of drug-likeness (QED) is 0.469. The lowest BCUT2D eigenvalue weighted by Crippen LogP contribution is -2.33. The van der Waals surface area contributed by atoms with Gasteiger partial charge in [-0.15, -0.1) is 0 Å². The number of benzene rings is 1. The van der Waals surface area contributed by atoms with Gasteiger partial charge in [0.1, 0.15) is 3.92 Å². The number of rotatable bonds is 4. The van der Waals surface area contributed by atoms with E-state index >= 15 is 0 Å². The summed E-state index contributed by atoms with van der Waals surface area (Å²) in [4.78, 5) is 22.9. The number of methoxy groups -OCH3 is 1. The van der Waals surface area contributed by atoms with Crippen LogP contribution in [0.15, 0.2) is 28.7 Å². The summed E-state index contributed by atoms with van der Waals surface area (Å²) in [7, 11) is 1.32. The van der Waals surface area contributed by atoms with Crippen LogP contribution in [0, 0.1) is 0 Å². The van der Waals surface area contributed by atoms with E-state index in [1.165, 1.54) is 7.11 Å². The molecule has 1 rings (SSSR count). The first-order valence-corrected chi connectivity index (χ1v) is 6.84. The van der Waals surface area contributed by atoms with Gasteiger partial charge in [-0.25, -0.2) is 0 Å². The molecular weight excluding hydrogens is 401 g/mol. The van der Waals surface area contributed by atoms with Gasteiger partial charge in [0.25, 0.3) is 5.91 Å². The molecule has 1 amide bonds. The zero-order valence-corrected chi connectivity index (χ0v) is 12.8. The molecule has 1 atom stereocenters. The minimum absolute atomic E-state index is 0.211. The second kappa shape index (κ2) is 6.95. The van der Waals surface area contributed by atoms with Crippen molar-refractivity contribution in [1.29, 1.82) is 0 Å². The molecule has 0 saturated carbocycles. The maximum Gasteiger partial charge on any atom is 0.320 e. The van der Waals surface area contributed by atoms with Gasteiger partial charge in [-0.1, -0.05) is 44.6 Å². The Labute approximate surface area is 121 Å². The zero-order chi connectivity index (χ0) is 12.8. The van der Waals surface area contributed by atoms with Gasteiger partial charge in [0.05, 0.1) is 7.11 Å². The SMILES string of the molecule is COC(=O)C(I)CNC(=O)c1cccc(Br)c1. The van der Waals surface area contributed by atoms with E-state index in [0.29, 0.717) is 5.56 Å². The summed E-state index contributed by atoms with van der Waals surface area (Å²) in [5, 5.41) is 2.67. The summed E-state index contributed by atoms with van der Waals surface area (Å²) in [6.07, 6.45) is 0. The lowest BCUT2D eigenvalue weighted by atomic mass is 10.2. The molecule has 0 spiro atoms. The number of carbonyl (C=O) groups is 2. The molecular formula is C11H11BrINO3. The largest absolute Gasteiger partial charge is 0.468 e. The number of nitrogens with one attached hydrogen (secondary N) is 1. The maximum absolute atomic E-state index is 11.7. The van der Waals surface area contributed by atoms with Crippen LogP contribution in [0.5, 0.6) is 0 Å². The molecule has 92 valence electrons. The molecule has 1 N–H and O–H groups in total. The molecule has 0 aliphatic carbocycles. The molecule has 1 unspecified atom stereocenters. The number of carbonyl (C=O) groups excluding carboxylic acids is 2. The normalized spacial score (nSPS) is 11.7. The number of amides is 1. The number of esters is 1. The monoisotopic (exact) mass is 411 g/mol. The van der Waals surface area contributed by atoms with Crippen molar-refractivity contribution >= 4 is 50.4 Å². The first-order chi connectivity index (χ1) is 8.04. The predicted molar refractivity (Wildman–Crippen MR) is 76.3 cm³/mol. The number of hydrogen-bond donors (Lipinski definition) is 1. The van der Waals surface area contributed by atoms with Crippen molar-refractivity contribution in [3.05, 3.63) is 34.3 Å². The number of alkyl halides is 1. The van der Waals surface area contributed by atoms with E-state index < -0.39 is 0 Å². The van der Waals surface area contributed by atoms with E-state index in [9.17, 15) is 9.59 Å². The molecule has 0 aliphatic rings. The Kier molecular flexibility index (Phi) is 5.90. The van der Waals surface area contributed by atoms with E-state index in [4.69, 9.17) is 0 Å². The van der Waals surface area contributed by atoms with Crippen LogP contribution in [-0.4, -0.2) is 29.5 Å². The third-order valence-corrected chi connectivity index (χ3v) is 3.43. The minimum Gasteiger partial charge on any atom is -0.468 e. The van der Waals surface area contributed by atoms with Gasteiger partial charge in [-0.05, 0) is 18.2 Å². The Morgan fingerprint density at radius 1 is 1.53 bits per heavy atom. The fourth-order valence-electron chi connectivity index (χ4n) is 1.13. The third-order valence-electron chi connectivity index (χ3n) is 1.99. The summed E-state index contributed by atoms with van der Waals surface area (Å²) in [5.74, 6) is -0.558. The van der Waals surface area contributed by atoms with E-state index in [2.05, 4.69) is 26.0 Å². The van der Waals surface area contributed by atoms with Crippen molar-refractivity contribution < 1.29 is 14.3 Å². The lowest BCUT2D eigenvalue weighted by Gasteiger charge is -2.09. The Morgan fingerprint density at radius 3 is 2.82 bits per heavy atom. The van der Waals surface area contributed by atoms with Gasteiger partial charge in [0.2, 0.25) is 0 Å². The molecule has 0 bridgehead atoms. The molecule has 0 heterocycles. The highest BCUT2D eigenvalue weighted by Gasteiger charge is 2.16. The first-order valence-electron chi connectivity index (χ1n) is 4.80. The van der Waals surface area contributed by atoms with Crippen molar-refractivity contribution in [3.8, 4) is 0 Å². The maximum atomic E-state index is 11.7. The summed E-state index contributed by atoms with van der Waals surface area (Å²) in [5.41, 5.74) is 0.549. The van der Waals surface area contributed by atoms with Crippen LogP contribution in [0.1, 0.15) is 10.4 Å². The van der Waals surface area contributed by atoms with Crippen LogP contribution in [-0.2, 0) is 9.53 Å². The highest BCUT2D eigenvalue weighted by molar-refractivity contribution is 14.1. The average Bonchev–Trinajstić information content (AvgIpc) is 2.34. The van der Waals surface area contributed by atoms with E-state index in [1.807, 2.05) is 28.7 Å². The van der Waals surface area contributed by atoms with Crippen LogP contribution >= 0.6 is 38.5 Å². The van der Waals surface area contributed by atoms with Gasteiger partial charge in [-0.3, -0.25) is 9.59 Å². The number of ether oxygens (including phenoxy) is 1. The van der Waals surface area contributed by atoms with Crippen LogP contribution in [0.3, 0.4) is 0 Å². The first kappa shape index (κ1) is 14.4. The second-order valence-corrected chi connectivity index (χ2v) is 5.63. The molecule has 0 aliphatic heterocycles. The Hall–Kier alpha value is -0.630. The van der Waals surface area contributed by atoms with Crippen LogP contribution < -0.4 is 5.32 Å². The van der Waals surface area contributed by atoms with E-state index in [1.54, 1.807) is 18.2 Å². The molecule has 1 aromatic rings. The molecule has 1 aromatic carbocycles. The van der Waals surface area contributed by atoms with Gasteiger partial charge in [0.15, 0.2) is 0 Å². The third kappa shape index (κ3) is 4.63. The van der Waals surface area contributed by atoms with Crippen molar-refractivity contribution in [1.82, 2.24) is 5.32 Å². The molecule has 6 heteroatoms. The van der Waals surface area contributed by atoms with Gasteiger partial charge in [0, 0.05) is 16.6 Å². The molecule has 0 aromatic heterocycles. The Balaban J connectivity index is 2.53. The van der Waals surface area contributed by atoms with E-state index in [-0.39, 0.29) is 22.3 Å². The Bertz CT molecular complexity index is 425. The molecule has 0 saturated heterocycles. The van der Waals surface area contributed by atoms with Crippen molar-refractivity contribution in [2.75, 3.05) is 13.7 Å². The van der Waals surface area contributed by atoms with Gasteiger partial charge >= 0.3 is 5.97 Å². The van der Waals surface area contributed by atoms with Gasteiger partial charge < -0.3 is 10.1 Å². The second-order valence-electron chi connectivity index (χ2n) is 3.21. The summed E-state index contributed by atoms with van der Waals surface area (Å²) in [6.45, 7) is 0.249. The average molecular weight is 412 g/mol. The molecule has 0 radical (unpaired) electrons. The number of halogens is 2. The highest BCUT2D eigenvalue weighted by Crippen LogP contribution is 2.11. The van der Waals surface area contributed by atoms with Crippen LogP contribution in [0.25, 0.3) is 0 Å². The summed E-state index contributed by atoms with van der Waals surface area (Å²) in [6, 6.07) is 7.04. The fourth-order valence-corrected chi connectivity index (χ4v) is 2.00. The lowest BCUT2D eigenvalue weighted by molar-refractivity contribution is -0.139. The van der Waals surface area contributed by atoms with Crippen molar-refractivity contribution in [3.63, 3.8) is 0 Å². The molecule has 4 nitrogen and oxygen atoms in total. The van der Waals surface area contributed by atoms with Crippen LogP contribution in [0.4, 0.5) is 0 Å². The van der Waals surface area contributed by atoms with Gasteiger partial charge in [-0.2, -0.15) is 0 Å². The molecule has 0 fully saturated rings.